The molecule has 1 aliphatic heterocycles. The topological polar surface area (TPSA) is 171 Å². The van der Waals surface area contributed by atoms with Crippen molar-refractivity contribution in [1.29, 1.82) is 0 Å². The van der Waals surface area contributed by atoms with E-state index in [-0.39, 0.29) is 30.0 Å². The Balaban J connectivity index is 1.33. The molecule has 2 amide bonds. The predicted octanol–water partition coefficient (Wildman–Crippen LogP) is 3.58. The predicted molar refractivity (Wildman–Crippen MR) is 175 cm³/mol. The molecule has 13 heteroatoms. The van der Waals surface area contributed by atoms with E-state index < -0.39 is 5.91 Å². The maximum atomic E-state index is 13.1. The molecule has 0 saturated carbocycles. The monoisotopic (exact) mass is 645 g/mol. The zero-order valence-corrected chi connectivity index (χ0v) is 26.3. The highest BCUT2D eigenvalue weighted by molar-refractivity contribution is 6.35. The van der Waals surface area contributed by atoms with Crippen LogP contribution in [0.2, 0.25) is 5.02 Å². The summed E-state index contributed by atoms with van der Waals surface area (Å²) < 4.78 is 5.59. The van der Waals surface area contributed by atoms with Crippen molar-refractivity contribution in [3.63, 3.8) is 0 Å². The molecular formula is C33H36ClN7O5. The number of amides is 2. The van der Waals surface area contributed by atoms with Gasteiger partial charge < -0.3 is 36.2 Å². The van der Waals surface area contributed by atoms with E-state index in [0.29, 0.717) is 77.3 Å². The standard InChI is InChI=1S/C33H36ClN7O5/c1-19-23(4-3-5-25(19)40-32(45)31-27(43)14-20(16-38-31)15-35-12-13-42)30-29(34)24(10-11-37-30)26-8-6-21(33(41-26)46-2)17-36-18-22-7-9-28(44)39-22/h3-6,8,10-11,14,16,22,35-36,42-43H,7,9,12-13,15,17-18H2,1-2H3,(H,39,44)(H,40,45)/t22-/m1/s1. The highest BCUT2D eigenvalue weighted by Crippen LogP contribution is 2.38. The van der Waals surface area contributed by atoms with E-state index in [1.807, 2.05) is 25.1 Å². The summed E-state index contributed by atoms with van der Waals surface area (Å²) in [6, 6.07) is 12.6. The molecule has 5 rings (SSSR count). The highest BCUT2D eigenvalue weighted by atomic mass is 35.5. The van der Waals surface area contributed by atoms with Gasteiger partial charge in [-0.1, -0.05) is 29.8 Å². The van der Waals surface area contributed by atoms with E-state index in [4.69, 9.17) is 26.4 Å². The van der Waals surface area contributed by atoms with Crippen LogP contribution < -0.4 is 26.0 Å². The molecule has 3 aromatic heterocycles. The van der Waals surface area contributed by atoms with Crippen LogP contribution >= 0.6 is 11.6 Å². The Morgan fingerprint density at radius 1 is 1.13 bits per heavy atom. The molecule has 0 aliphatic carbocycles. The summed E-state index contributed by atoms with van der Waals surface area (Å²) >= 11 is 6.95. The van der Waals surface area contributed by atoms with Gasteiger partial charge in [-0.2, -0.15) is 0 Å². The lowest BCUT2D eigenvalue weighted by Crippen LogP contribution is -2.35. The van der Waals surface area contributed by atoms with Crippen LogP contribution in [-0.2, 0) is 17.9 Å². The second-order valence-electron chi connectivity index (χ2n) is 10.9. The summed E-state index contributed by atoms with van der Waals surface area (Å²) in [4.78, 5) is 38.0. The van der Waals surface area contributed by atoms with E-state index in [1.54, 1.807) is 31.5 Å². The molecule has 12 nitrogen and oxygen atoms in total. The van der Waals surface area contributed by atoms with Crippen molar-refractivity contribution < 1.29 is 24.5 Å². The van der Waals surface area contributed by atoms with Gasteiger partial charge in [0.1, 0.15) is 5.75 Å². The molecule has 0 spiro atoms. The lowest BCUT2D eigenvalue weighted by atomic mass is 10.0. The summed E-state index contributed by atoms with van der Waals surface area (Å²) in [6.07, 6.45) is 4.53. The first-order valence-electron chi connectivity index (χ1n) is 14.9. The number of rotatable bonds is 13. The first-order chi connectivity index (χ1) is 22.3. The zero-order chi connectivity index (χ0) is 32.6. The number of hydrogen-bond donors (Lipinski definition) is 6. The molecule has 46 heavy (non-hydrogen) atoms. The maximum absolute atomic E-state index is 13.1. The summed E-state index contributed by atoms with van der Waals surface area (Å²) in [5.74, 6) is -0.278. The van der Waals surface area contributed by atoms with Crippen LogP contribution in [0.5, 0.6) is 11.6 Å². The molecular weight excluding hydrogens is 610 g/mol. The first-order valence-corrected chi connectivity index (χ1v) is 15.3. The Kier molecular flexibility index (Phi) is 10.8. The van der Waals surface area contributed by atoms with E-state index in [0.717, 1.165) is 17.5 Å². The smallest absolute Gasteiger partial charge is 0.278 e. The second kappa shape index (κ2) is 15.1. The van der Waals surface area contributed by atoms with Crippen molar-refractivity contribution >= 4 is 29.1 Å². The number of aliphatic hydroxyl groups excluding tert-OH is 1. The number of carbonyl (C=O) groups is 2. The number of hydrogen-bond acceptors (Lipinski definition) is 10. The van der Waals surface area contributed by atoms with Gasteiger partial charge in [-0.15, -0.1) is 0 Å². The number of aliphatic hydroxyl groups is 1. The third-order valence-electron chi connectivity index (χ3n) is 7.68. The van der Waals surface area contributed by atoms with Crippen molar-refractivity contribution in [1.82, 2.24) is 30.9 Å². The minimum Gasteiger partial charge on any atom is -0.505 e. The molecule has 240 valence electrons. The molecule has 1 saturated heterocycles. The number of nitrogens with one attached hydrogen (secondary N) is 4. The Morgan fingerprint density at radius 3 is 2.72 bits per heavy atom. The molecule has 0 bridgehead atoms. The number of nitrogens with zero attached hydrogens (tertiary/aromatic N) is 3. The van der Waals surface area contributed by atoms with Gasteiger partial charge in [0.05, 0.1) is 30.1 Å². The number of aromatic nitrogens is 3. The van der Waals surface area contributed by atoms with Gasteiger partial charge >= 0.3 is 0 Å². The molecule has 0 radical (unpaired) electrons. The normalized spacial score (nSPS) is 14.3. The third-order valence-corrected chi connectivity index (χ3v) is 8.07. The number of methoxy groups -OCH3 is 1. The molecule has 1 atom stereocenters. The summed E-state index contributed by atoms with van der Waals surface area (Å²) in [7, 11) is 1.57. The second-order valence-corrected chi connectivity index (χ2v) is 11.2. The van der Waals surface area contributed by atoms with Crippen molar-refractivity contribution in [3.05, 3.63) is 82.3 Å². The molecule has 0 unspecified atom stereocenters. The molecule has 1 fully saturated rings. The minimum absolute atomic E-state index is 0.00911. The number of anilines is 1. The lowest BCUT2D eigenvalue weighted by Gasteiger charge is -2.16. The number of pyridine rings is 3. The Bertz CT molecular complexity index is 1740. The molecule has 4 aromatic rings. The van der Waals surface area contributed by atoms with Gasteiger partial charge in [-0.3, -0.25) is 14.6 Å². The molecule has 4 heterocycles. The fourth-order valence-corrected chi connectivity index (χ4v) is 5.57. The van der Waals surface area contributed by atoms with Gasteiger partial charge in [0.2, 0.25) is 11.8 Å². The largest absolute Gasteiger partial charge is 0.505 e. The zero-order valence-electron chi connectivity index (χ0n) is 25.6. The van der Waals surface area contributed by atoms with Crippen LogP contribution in [0.4, 0.5) is 5.69 Å². The van der Waals surface area contributed by atoms with Crippen LogP contribution in [0.25, 0.3) is 22.5 Å². The van der Waals surface area contributed by atoms with Gasteiger partial charge in [-0.25, -0.2) is 9.97 Å². The van der Waals surface area contributed by atoms with Gasteiger partial charge in [0.25, 0.3) is 5.91 Å². The SMILES string of the molecule is COc1nc(-c2ccnc(-c3cccc(NC(=O)c4ncc(CNCCO)cc4O)c3C)c2Cl)ccc1CNC[C@H]1CCC(=O)N1. The molecule has 6 N–H and O–H groups in total. The van der Waals surface area contributed by atoms with Crippen molar-refractivity contribution in [3.8, 4) is 34.1 Å². The van der Waals surface area contributed by atoms with E-state index in [1.165, 1.54) is 12.3 Å². The molecule has 1 aliphatic rings. The van der Waals surface area contributed by atoms with E-state index in [9.17, 15) is 14.7 Å². The number of benzene rings is 1. The fourth-order valence-electron chi connectivity index (χ4n) is 5.26. The van der Waals surface area contributed by atoms with Gasteiger partial charge in [0.15, 0.2) is 5.69 Å². The van der Waals surface area contributed by atoms with Crippen molar-refractivity contribution in [2.24, 2.45) is 0 Å². The lowest BCUT2D eigenvalue weighted by molar-refractivity contribution is -0.119. The van der Waals surface area contributed by atoms with Crippen LogP contribution in [0.1, 0.15) is 40.0 Å². The summed E-state index contributed by atoms with van der Waals surface area (Å²) in [5.41, 5.74) is 5.15. The van der Waals surface area contributed by atoms with E-state index in [2.05, 4.69) is 31.2 Å². The van der Waals surface area contributed by atoms with Crippen LogP contribution in [-0.4, -0.2) is 69.8 Å². The number of carbonyl (C=O) groups excluding carboxylic acids is 2. The van der Waals surface area contributed by atoms with Crippen molar-refractivity contribution in [2.75, 3.05) is 32.1 Å². The quantitative estimate of drug-likeness (QED) is 0.118. The Hall–Kier alpha value is -4.62. The maximum Gasteiger partial charge on any atom is 0.278 e. The summed E-state index contributed by atoms with van der Waals surface area (Å²) in [5, 5.41) is 31.9. The van der Waals surface area contributed by atoms with Gasteiger partial charge in [-0.05, 0) is 48.7 Å². The van der Waals surface area contributed by atoms with Crippen molar-refractivity contribution in [2.45, 2.75) is 38.9 Å². The van der Waals surface area contributed by atoms with Crippen LogP contribution in [0.3, 0.4) is 0 Å². The number of aromatic hydroxyl groups is 1. The highest BCUT2D eigenvalue weighted by Gasteiger charge is 2.21. The molecule has 1 aromatic carbocycles. The van der Waals surface area contributed by atoms with E-state index >= 15 is 0 Å². The number of halogens is 1. The average molecular weight is 646 g/mol. The first kappa shape index (κ1) is 32.8. The number of ether oxygens (including phenoxy) is 1. The fraction of sp³-hybridized carbons (Fsp3) is 0.303. The average Bonchev–Trinajstić information content (AvgIpc) is 3.47. The third kappa shape index (κ3) is 7.60. The van der Waals surface area contributed by atoms with Crippen LogP contribution in [0.15, 0.2) is 54.9 Å². The summed E-state index contributed by atoms with van der Waals surface area (Å²) in [6.45, 7) is 3.81. The Labute approximate surface area is 271 Å². The minimum atomic E-state index is -0.570. The van der Waals surface area contributed by atoms with Gasteiger partial charge in [0, 0.05) is 73.4 Å². The van der Waals surface area contributed by atoms with Crippen LogP contribution in [0, 0.1) is 6.92 Å². The Morgan fingerprint density at radius 2 is 1.98 bits per heavy atom.